The van der Waals surface area contributed by atoms with Crippen LogP contribution < -0.4 is 16.7 Å². The number of imide groups is 1. The number of halogens is 1. The summed E-state index contributed by atoms with van der Waals surface area (Å²) in [6, 6.07) is 0. The normalized spacial score (nSPS) is 13.1. The number of nitrogens with zero attached hydrogens (tertiary/aromatic N) is 1. The third-order valence-corrected chi connectivity index (χ3v) is 1.42. The van der Waals surface area contributed by atoms with Crippen LogP contribution in [0.5, 0.6) is 0 Å². The number of rotatable bonds is 0. The third kappa shape index (κ3) is 3.33. The number of H-pyrrole nitrogens is 1. The number of hydrogen-bond acceptors (Lipinski definition) is 5. The predicted octanol–water partition coefficient (Wildman–Crippen LogP) is -1.31. The van der Waals surface area contributed by atoms with Crippen molar-refractivity contribution in [3.63, 3.8) is 0 Å². The third-order valence-electron chi connectivity index (χ3n) is 1.42. The molecule has 2 heterocycles. The quantitative estimate of drug-likeness (QED) is 0.475. The van der Waals surface area contributed by atoms with Crippen LogP contribution in [-0.2, 0) is 9.59 Å². The molecule has 0 aliphatic carbocycles. The van der Waals surface area contributed by atoms with Gasteiger partial charge < -0.3 is 10.7 Å². The van der Waals surface area contributed by atoms with Gasteiger partial charge in [0.1, 0.15) is 0 Å². The first-order chi connectivity index (χ1) is 7.49. The van der Waals surface area contributed by atoms with E-state index in [9.17, 15) is 18.8 Å². The number of carbonyl (C=O) groups is 2. The van der Waals surface area contributed by atoms with E-state index in [0.29, 0.717) is 0 Å². The fraction of sp³-hybridized carbons (Fsp3) is 0. The molecule has 1 aliphatic rings. The summed E-state index contributed by atoms with van der Waals surface area (Å²) in [6.45, 7) is 0. The van der Waals surface area contributed by atoms with Crippen LogP contribution >= 0.6 is 0 Å². The fourth-order valence-electron chi connectivity index (χ4n) is 0.750. The maximum atomic E-state index is 12.1. The number of nitrogens with two attached hydrogens (primary N) is 1. The monoisotopic (exact) mass is 226 g/mol. The molecule has 8 heteroatoms. The highest BCUT2D eigenvalue weighted by Gasteiger charge is 2.06. The van der Waals surface area contributed by atoms with Crippen molar-refractivity contribution in [1.29, 1.82) is 0 Å². The number of aromatic amines is 1. The van der Waals surface area contributed by atoms with Crippen molar-refractivity contribution in [1.82, 2.24) is 15.3 Å². The van der Waals surface area contributed by atoms with Crippen molar-refractivity contribution < 1.29 is 14.0 Å². The van der Waals surface area contributed by atoms with Gasteiger partial charge in [-0.05, 0) is 0 Å². The molecule has 4 N–H and O–H groups in total. The summed E-state index contributed by atoms with van der Waals surface area (Å²) in [7, 11) is 0. The Bertz CT molecular complexity index is 492. The molecule has 0 aromatic carbocycles. The van der Waals surface area contributed by atoms with Crippen LogP contribution in [0.3, 0.4) is 0 Å². The molecule has 2 amide bonds. The number of carbonyl (C=O) groups excluding carboxylic acids is 2. The van der Waals surface area contributed by atoms with Gasteiger partial charge in [0, 0.05) is 18.3 Å². The van der Waals surface area contributed by atoms with E-state index >= 15 is 0 Å². The lowest BCUT2D eigenvalue weighted by molar-refractivity contribution is -0.123. The lowest BCUT2D eigenvalue weighted by atomic mass is 10.6. The lowest BCUT2D eigenvalue weighted by Gasteiger charge is -1.88. The van der Waals surface area contributed by atoms with E-state index in [1.54, 1.807) is 0 Å². The number of aromatic nitrogens is 2. The number of nitrogen functional groups attached to an aromatic ring is 1. The van der Waals surface area contributed by atoms with Gasteiger partial charge in [0.15, 0.2) is 11.6 Å². The Labute approximate surface area is 88.2 Å². The zero-order chi connectivity index (χ0) is 12.1. The van der Waals surface area contributed by atoms with Crippen molar-refractivity contribution in [2.45, 2.75) is 0 Å². The second-order valence-corrected chi connectivity index (χ2v) is 2.63. The first-order valence-corrected chi connectivity index (χ1v) is 4.03. The molecule has 0 saturated carbocycles. The smallest absolute Gasteiger partial charge is 0.347 e. The SMILES string of the molecule is Nc1nc(=O)[nH]cc1F.O=C1C=CC(=O)N1. The molecule has 2 rings (SSSR count). The zero-order valence-electron chi connectivity index (χ0n) is 7.86. The summed E-state index contributed by atoms with van der Waals surface area (Å²) in [6.07, 6.45) is 3.26. The zero-order valence-corrected chi connectivity index (χ0v) is 7.86. The van der Waals surface area contributed by atoms with Gasteiger partial charge in [-0.2, -0.15) is 4.98 Å². The van der Waals surface area contributed by atoms with E-state index in [2.05, 4.69) is 4.98 Å². The molecule has 7 nitrogen and oxygen atoms in total. The van der Waals surface area contributed by atoms with E-state index in [4.69, 9.17) is 5.73 Å². The summed E-state index contributed by atoms with van der Waals surface area (Å²) < 4.78 is 12.1. The summed E-state index contributed by atoms with van der Waals surface area (Å²) in [5.74, 6) is -1.75. The van der Waals surface area contributed by atoms with Crippen molar-refractivity contribution in [3.05, 3.63) is 34.7 Å². The van der Waals surface area contributed by atoms with Gasteiger partial charge in [-0.3, -0.25) is 14.9 Å². The molecule has 0 spiro atoms. The van der Waals surface area contributed by atoms with E-state index in [0.717, 1.165) is 6.20 Å². The van der Waals surface area contributed by atoms with E-state index in [-0.39, 0.29) is 17.6 Å². The summed E-state index contributed by atoms with van der Waals surface area (Å²) in [5.41, 5.74) is 4.27. The standard InChI is InChI=1S/C4H4FN3O.C4H3NO2/c5-2-1-7-4(9)8-3(2)6;6-3-1-2-4(7)5-3/h1H,(H3,6,7,8,9);1-2H,(H,5,6,7). The van der Waals surface area contributed by atoms with Crippen LogP contribution in [0.4, 0.5) is 10.2 Å². The molecule has 0 radical (unpaired) electrons. The number of hydrogen-bond donors (Lipinski definition) is 3. The molecular formula is C8H7FN4O3. The maximum absolute atomic E-state index is 12.1. The van der Waals surface area contributed by atoms with E-state index < -0.39 is 11.5 Å². The van der Waals surface area contributed by atoms with Crippen molar-refractivity contribution >= 4 is 17.6 Å². The largest absolute Gasteiger partial charge is 0.381 e. The average Bonchev–Trinajstić information content (AvgIpc) is 2.58. The molecule has 84 valence electrons. The Kier molecular flexibility index (Phi) is 3.49. The number of anilines is 1. The van der Waals surface area contributed by atoms with E-state index in [1.807, 2.05) is 10.3 Å². The predicted molar refractivity (Wildman–Crippen MR) is 51.5 cm³/mol. The van der Waals surface area contributed by atoms with E-state index in [1.165, 1.54) is 12.2 Å². The van der Waals surface area contributed by atoms with Gasteiger partial charge in [0.25, 0.3) is 11.8 Å². The van der Waals surface area contributed by atoms with Crippen LogP contribution in [0.2, 0.25) is 0 Å². The van der Waals surface area contributed by atoms with Crippen molar-refractivity contribution in [2.75, 3.05) is 5.73 Å². The van der Waals surface area contributed by atoms with Gasteiger partial charge in [-0.1, -0.05) is 0 Å². The Morgan fingerprint density at radius 2 is 1.75 bits per heavy atom. The molecule has 0 bridgehead atoms. The lowest BCUT2D eigenvalue weighted by Crippen LogP contribution is -2.19. The molecule has 0 unspecified atom stereocenters. The Hall–Kier alpha value is -2.51. The topological polar surface area (TPSA) is 118 Å². The van der Waals surface area contributed by atoms with Gasteiger partial charge in [0.05, 0.1) is 0 Å². The Balaban J connectivity index is 0.000000165. The highest BCUT2D eigenvalue weighted by atomic mass is 19.1. The fourth-order valence-corrected chi connectivity index (χ4v) is 0.750. The molecule has 0 atom stereocenters. The molecule has 1 aliphatic heterocycles. The summed E-state index contributed by atoms with van der Waals surface area (Å²) in [4.78, 5) is 35.4. The number of amides is 2. The van der Waals surface area contributed by atoms with Gasteiger partial charge in [-0.15, -0.1) is 0 Å². The first-order valence-electron chi connectivity index (χ1n) is 4.03. The first kappa shape index (κ1) is 11.6. The van der Waals surface area contributed by atoms with Gasteiger partial charge >= 0.3 is 5.69 Å². The minimum Gasteiger partial charge on any atom is -0.381 e. The minimum atomic E-state index is -0.713. The molecule has 0 saturated heterocycles. The highest BCUT2D eigenvalue weighted by Crippen LogP contribution is 1.96. The van der Waals surface area contributed by atoms with Crippen LogP contribution in [0, 0.1) is 5.82 Å². The minimum absolute atomic E-state index is 0.329. The van der Waals surface area contributed by atoms with Crippen LogP contribution in [-0.4, -0.2) is 21.8 Å². The second kappa shape index (κ2) is 4.82. The summed E-state index contributed by atoms with van der Waals surface area (Å²) in [5, 5.41) is 2.03. The van der Waals surface area contributed by atoms with Gasteiger partial charge in [0.2, 0.25) is 0 Å². The molecular weight excluding hydrogens is 219 g/mol. The highest BCUT2D eigenvalue weighted by molar-refractivity contribution is 6.12. The molecule has 0 fully saturated rings. The average molecular weight is 226 g/mol. The number of nitrogens with one attached hydrogen (secondary N) is 2. The molecule has 16 heavy (non-hydrogen) atoms. The second-order valence-electron chi connectivity index (χ2n) is 2.63. The van der Waals surface area contributed by atoms with Crippen LogP contribution in [0.15, 0.2) is 23.1 Å². The van der Waals surface area contributed by atoms with Gasteiger partial charge in [-0.25, -0.2) is 9.18 Å². The van der Waals surface area contributed by atoms with Crippen molar-refractivity contribution in [2.24, 2.45) is 0 Å². The molecule has 1 aromatic heterocycles. The van der Waals surface area contributed by atoms with Crippen LogP contribution in [0.1, 0.15) is 0 Å². The summed E-state index contributed by atoms with van der Waals surface area (Å²) >= 11 is 0. The Morgan fingerprint density at radius 3 is 2.06 bits per heavy atom. The Morgan fingerprint density at radius 1 is 1.19 bits per heavy atom. The van der Waals surface area contributed by atoms with Crippen molar-refractivity contribution in [3.8, 4) is 0 Å². The maximum Gasteiger partial charge on any atom is 0.347 e. The molecule has 1 aromatic rings. The van der Waals surface area contributed by atoms with Crippen LogP contribution in [0.25, 0.3) is 0 Å².